The number of rotatable bonds is 7. The zero-order valence-corrected chi connectivity index (χ0v) is 10.4. The van der Waals surface area contributed by atoms with Gasteiger partial charge in [0.25, 0.3) is 10.1 Å². The molecule has 0 aromatic carbocycles. The first-order valence-electron chi connectivity index (χ1n) is 5.19. The van der Waals surface area contributed by atoms with E-state index >= 15 is 0 Å². The highest BCUT2D eigenvalue weighted by molar-refractivity contribution is 7.85. The van der Waals surface area contributed by atoms with Gasteiger partial charge in [0.1, 0.15) is 0 Å². The highest BCUT2D eigenvalue weighted by Gasteiger charge is 2.03. The summed E-state index contributed by atoms with van der Waals surface area (Å²) in [7, 11) is -3.67. The maximum atomic E-state index is 9.79. The van der Waals surface area contributed by atoms with Gasteiger partial charge >= 0.3 is 0 Å². The summed E-state index contributed by atoms with van der Waals surface area (Å²) in [5.74, 6) is -0.176. The number of aliphatic hydroxyl groups excluding tert-OH is 3. The quantitative estimate of drug-likeness (QED) is 0.464. The fourth-order valence-electron chi connectivity index (χ4n) is 0.878. The third-order valence-electron chi connectivity index (χ3n) is 1.75. The molecule has 4 N–H and O–H groups in total. The van der Waals surface area contributed by atoms with Crippen LogP contribution < -0.4 is 0 Å². The summed E-state index contributed by atoms with van der Waals surface area (Å²) in [6.07, 6.45) is 1.83. The van der Waals surface area contributed by atoms with Gasteiger partial charge in [0, 0.05) is 25.7 Å². The summed E-state index contributed by atoms with van der Waals surface area (Å²) in [6.45, 7) is 1.84. The molecule has 6 nitrogen and oxygen atoms in total. The van der Waals surface area contributed by atoms with Crippen LogP contribution in [0.25, 0.3) is 0 Å². The largest absolute Gasteiger partial charge is 0.396 e. The fraction of sp³-hybridized carbons (Fsp3) is 1.00. The van der Waals surface area contributed by atoms with E-state index in [-0.39, 0.29) is 31.5 Å². The fourth-order valence-corrected chi connectivity index (χ4v) is 1.39. The van der Waals surface area contributed by atoms with Gasteiger partial charge in [0.2, 0.25) is 0 Å². The van der Waals surface area contributed by atoms with Crippen LogP contribution in [0.3, 0.4) is 0 Å². The molecule has 100 valence electrons. The van der Waals surface area contributed by atoms with Crippen molar-refractivity contribution in [1.29, 1.82) is 0 Å². The van der Waals surface area contributed by atoms with E-state index in [0.717, 1.165) is 0 Å². The Bertz CT molecular complexity index is 222. The standard InChI is InChI=1S/C6H14O3.C3H8O3S/c7-3-1-2-6(4-8)5-9;1-2-3-7(4,5)6/h6-9H,1-5H2;2-3H2,1H3,(H,4,5,6). The molecule has 0 saturated heterocycles. The average molecular weight is 258 g/mol. The summed E-state index contributed by atoms with van der Waals surface area (Å²) in [4.78, 5) is 0. The predicted molar refractivity (Wildman–Crippen MR) is 60.7 cm³/mol. The molecule has 0 radical (unpaired) electrons. The Balaban J connectivity index is 0. The van der Waals surface area contributed by atoms with Crippen molar-refractivity contribution in [2.24, 2.45) is 5.92 Å². The first kappa shape index (κ1) is 18.2. The average Bonchev–Trinajstić information content (AvgIpc) is 2.19. The van der Waals surface area contributed by atoms with Crippen molar-refractivity contribution in [2.45, 2.75) is 26.2 Å². The lowest BCUT2D eigenvalue weighted by atomic mass is 10.1. The van der Waals surface area contributed by atoms with E-state index < -0.39 is 10.1 Å². The van der Waals surface area contributed by atoms with Crippen LogP contribution in [0.4, 0.5) is 0 Å². The molecule has 0 fully saturated rings. The molecule has 0 aliphatic heterocycles. The molecule has 0 aromatic rings. The van der Waals surface area contributed by atoms with Gasteiger partial charge in [-0.05, 0) is 19.3 Å². The molecule has 0 amide bonds. The first-order chi connectivity index (χ1) is 7.41. The van der Waals surface area contributed by atoms with Crippen LogP contribution in [-0.4, -0.2) is 53.9 Å². The van der Waals surface area contributed by atoms with Crippen LogP contribution >= 0.6 is 0 Å². The molecule has 0 saturated carbocycles. The zero-order chi connectivity index (χ0) is 13.0. The van der Waals surface area contributed by atoms with Gasteiger partial charge in [-0.15, -0.1) is 0 Å². The molecule has 7 heteroatoms. The second-order valence-electron chi connectivity index (χ2n) is 3.38. The highest BCUT2D eigenvalue weighted by atomic mass is 32.2. The van der Waals surface area contributed by atoms with E-state index in [9.17, 15) is 8.42 Å². The maximum absolute atomic E-state index is 9.79. The molecule has 16 heavy (non-hydrogen) atoms. The lowest BCUT2D eigenvalue weighted by molar-refractivity contribution is 0.136. The minimum atomic E-state index is -3.67. The molecule has 0 rings (SSSR count). The third-order valence-corrected chi connectivity index (χ3v) is 2.67. The van der Waals surface area contributed by atoms with Gasteiger partial charge in [0.05, 0.1) is 5.75 Å². The van der Waals surface area contributed by atoms with Crippen molar-refractivity contribution >= 4 is 10.1 Å². The Morgan fingerprint density at radius 2 is 1.62 bits per heavy atom. The van der Waals surface area contributed by atoms with Gasteiger partial charge in [-0.1, -0.05) is 6.92 Å². The smallest absolute Gasteiger partial charge is 0.264 e. The van der Waals surface area contributed by atoms with Crippen LogP contribution in [-0.2, 0) is 10.1 Å². The minimum Gasteiger partial charge on any atom is -0.396 e. The molecule has 0 aliphatic carbocycles. The number of hydrogen-bond acceptors (Lipinski definition) is 5. The highest BCUT2D eigenvalue weighted by Crippen LogP contribution is 2.02. The van der Waals surface area contributed by atoms with Crippen molar-refractivity contribution in [3.05, 3.63) is 0 Å². The van der Waals surface area contributed by atoms with Crippen molar-refractivity contribution in [3.8, 4) is 0 Å². The van der Waals surface area contributed by atoms with Gasteiger partial charge < -0.3 is 15.3 Å². The Morgan fingerprint density at radius 3 is 1.81 bits per heavy atom. The van der Waals surface area contributed by atoms with Crippen molar-refractivity contribution < 1.29 is 28.3 Å². The van der Waals surface area contributed by atoms with E-state index in [4.69, 9.17) is 19.9 Å². The van der Waals surface area contributed by atoms with E-state index in [1.165, 1.54) is 0 Å². The molecular weight excluding hydrogens is 236 g/mol. The SMILES string of the molecule is CCCS(=O)(=O)O.OCCCC(CO)CO. The summed E-state index contributed by atoms with van der Waals surface area (Å²) >= 11 is 0. The number of aliphatic hydroxyl groups is 3. The monoisotopic (exact) mass is 258 g/mol. The second kappa shape index (κ2) is 11.3. The van der Waals surface area contributed by atoms with Crippen molar-refractivity contribution in [2.75, 3.05) is 25.6 Å². The molecule has 0 atom stereocenters. The Kier molecular flexibility index (Phi) is 12.8. The molecule has 0 unspecified atom stereocenters. The van der Waals surface area contributed by atoms with Crippen LogP contribution in [0.15, 0.2) is 0 Å². The summed E-state index contributed by atoms with van der Waals surface area (Å²) in [6, 6.07) is 0. The van der Waals surface area contributed by atoms with Crippen LogP contribution in [0, 0.1) is 5.92 Å². The van der Waals surface area contributed by atoms with E-state index in [1.807, 2.05) is 0 Å². The van der Waals surface area contributed by atoms with E-state index in [2.05, 4.69) is 0 Å². The Labute approximate surface area is 96.7 Å². The normalized spacial score (nSPS) is 11.1. The van der Waals surface area contributed by atoms with Crippen LogP contribution in [0.2, 0.25) is 0 Å². The molecule has 0 bridgehead atoms. The zero-order valence-electron chi connectivity index (χ0n) is 9.54. The molecule has 0 aromatic heterocycles. The van der Waals surface area contributed by atoms with E-state index in [0.29, 0.717) is 19.3 Å². The molecule has 0 heterocycles. The van der Waals surface area contributed by atoms with Crippen molar-refractivity contribution in [3.63, 3.8) is 0 Å². The minimum absolute atomic E-state index is 0.0104. The van der Waals surface area contributed by atoms with Gasteiger partial charge in [-0.3, -0.25) is 4.55 Å². The van der Waals surface area contributed by atoms with E-state index in [1.54, 1.807) is 6.92 Å². The summed E-state index contributed by atoms with van der Waals surface area (Å²) < 4.78 is 27.6. The van der Waals surface area contributed by atoms with Crippen molar-refractivity contribution in [1.82, 2.24) is 0 Å². The number of hydrogen-bond donors (Lipinski definition) is 4. The maximum Gasteiger partial charge on any atom is 0.264 e. The summed E-state index contributed by atoms with van der Waals surface area (Å²) in [5, 5.41) is 25.4. The summed E-state index contributed by atoms with van der Waals surface area (Å²) in [5.41, 5.74) is 0. The predicted octanol–water partition coefficient (Wildman–Crippen LogP) is -0.356. The van der Waals surface area contributed by atoms with Gasteiger partial charge in [-0.25, -0.2) is 0 Å². The molecule has 0 aliphatic rings. The lowest BCUT2D eigenvalue weighted by Gasteiger charge is -2.07. The topological polar surface area (TPSA) is 115 Å². The molecule has 0 spiro atoms. The van der Waals surface area contributed by atoms with Gasteiger partial charge in [-0.2, -0.15) is 8.42 Å². The Hall–Kier alpha value is -0.210. The van der Waals surface area contributed by atoms with Crippen LogP contribution in [0.5, 0.6) is 0 Å². The third kappa shape index (κ3) is 16.2. The Morgan fingerprint density at radius 1 is 1.12 bits per heavy atom. The second-order valence-corrected chi connectivity index (χ2v) is 4.96. The lowest BCUT2D eigenvalue weighted by Crippen LogP contribution is -2.11. The molecular formula is C9H22O6S. The van der Waals surface area contributed by atoms with Crippen LogP contribution in [0.1, 0.15) is 26.2 Å². The van der Waals surface area contributed by atoms with Gasteiger partial charge in [0.15, 0.2) is 0 Å². The first-order valence-corrected chi connectivity index (χ1v) is 6.79.